The summed E-state index contributed by atoms with van der Waals surface area (Å²) in [5, 5.41) is 3.14. The molecule has 9 heteroatoms. The molecule has 2 aromatic heterocycles. The van der Waals surface area contributed by atoms with Crippen LogP contribution in [0.15, 0.2) is 35.1 Å². The Morgan fingerprint density at radius 1 is 1.14 bits per heavy atom. The molecule has 1 saturated carbocycles. The number of alkyl halides is 2. The number of carbonyl (C=O) groups is 1. The van der Waals surface area contributed by atoms with E-state index < -0.39 is 12.5 Å². The second kappa shape index (κ2) is 12.2. The number of nitrogens with zero attached hydrogens (tertiary/aromatic N) is 3. The van der Waals surface area contributed by atoms with Crippen LogP contribution in [-0.4, -0.2) is 58.6 Å². The van der Waals surface area contributed by atoms with Gasteiger partial charge in [-0.25, -0.2) is 13.8 Å². The van der Waals surface area contributed by atoms with E-state index in [1.165, 1.54) is 16.2 Å². The number of ether oxygens (including phenoxy) is 1. The van der Waals surface area contributed by atoms with Gasteiger partial charge in [-0.05, 0) is 69.5 Å². The van der Waals surface area contributed by atoms with Crippen molar-refractivity contribution in [3.05, 3.63) is 57.6 Å². The number of carbonyl (C=O) groups excluding carboxylic acids is 1. The number of rotatable bonds is 9. The molecule has 0 atom stereocenters. The van der Waals surface area contributed by atoms with Crippen LogP contribution in [0.5, 0.6) is 5.88 Å². The Hall–Kier alpha value is -2.81. The van der Waals surface area contributed by atoms with Gasteiger partial charge in [0.1, 0.15) is 5.69 Å². The minimum atomic E-state index is -2.88. The van der Waals surface area contributed by atoms with E-state index in [-0.39, 0.29) is 23.4 Å². The molecular formula is C28H38F2N4O3. The lowest BCUT2D eigenvalue weighted by molar-refractivity contribution is -0.0243. The maximum Gasteiger partial charge on any atom is 0.278 e. The molecule has 0 aromatic carbocycles. The Labute approximate surface area is 217 Å². The first-order chi connectivity index (χ1) is 17.7. The van der Waals surface area contributed by atoms with Gasteiger partial charge in [0, 0.05) is 56.8 Å². The van der Waals surface area contributed by atoms with Crippen LogP contribution in [0.1, 0.15) is 67.7 Å². The lowest BCUT2D eigenvalue weighted by Crippen LogP contribution is -2.40. The van der Waals surface area contributed by atoms with Gasteiger partial charge in [-0.15, -0.1) is 0 Å². The van der Waals surface area contributed by atoms with Gasteiger partial charge in [0.05, 0.1) is 0 Å². The summed E-state index contributed by atoms with van der Waals surface area (Å²) in [5.41, 5.74) is 2.39. The van der Waals surface area contributed by atoms with E-state index >= 15 is 0 Å². The van der Waals surface area contributed by atoms with Crippen LogP contribution in [0.4, 0.5) is 8.78 Å². The molecule has 0 radical (unpaired) electrons. The zero-order valence-corrected chi connectivity index (χ0v) is 21.8. The molecule has 1 aliphatic heterocycles. The number of fused-ring (bicyclic) bond motifs is 1. The van der Waals surface area contributed by atoms with Crippen LogP contribution in [-0.2, 0) is 19.4 Å². The fourth-order valence-corrected chi connectivity index (χ4v) is 5.38. The number of amides is 1. The van der Waals surface area contributed by atoms with Crippen molar-refractivity contribution < 1.29 is 18.3 Å². The van der Waals surface area contributed by atoms with Gasteiger partial charge < -0.3 is 19.5 Å². The molecule has 1 N–H and O–H groups in total. The standard InChI is InChI=1S/C28H38F2N4O3/c1-3-34-24(5-4-6-26(34)35)27(36)31-22-10-7-20(8-11-22)13-16-33-17-14-21-9-12-25(32-23(21)15-18-33)37-19-28(2,29)30/h4-6,9,12,20,22H,3,7-8,10-11,13-19H2,1-2H3,(H,31,36)/t20-,22-. The van der Waals surface area contributed by atoms with Crippen molar-refractivity contribution >= 4 is 5.91 Å². The minimum Gasteiger partial charge on any atom is -0.471 e. The van der Waals surface area contributed by atoms with Crippen molar-refractivity contribution in [1.82, 2.24) is 19.8 Å². The number of aromatic nitrogens is 2. The van der Waals surface area contributed by atoms with Crippen molar-refractivity contribution in [2.45, 2.75) is 77.3 Å². The van der Waals surface area contributed by atoms with Crippen molar-refractivity contribution in [3.63, 3.8) is 0 Å². The number of hydrogen-bond acceptors (Lipinski definition) is 5. The average molecular weight is 517 g/mol. The molecule has 0 bridgehead atoms. The molecule has 2 aromatic rings. The highest BCUT2D eigenvalue weighted by atomic mass is 19.3. The Balaban J connectivity index is 1.20. The second-order valence-electron chi connectivity index (χ2n) is 10.4. The molecule has 0 saturated heterocycles. The molecule has 1 amide bonds. The molecular weight excluding hydrogens is 478 g/mol. The Bertz CT molecular complexity index is 1120. The van der Waals surface area contributed by atoms with Crippen LogP contribution < -0.4 is 15.6 Å². The van der Waals surface area contributed by atoms with Gasteiger partial charge in [-0.1, -0.05) is 12.1 Å². The fraction of sp³-hybridized carbons (Fsp3) is 0.607. The SMILES string of the molecule is CCn1c(C(=O)N[C@H]2CC[C@H](CCN3CCc4ccc(OCC(C)(F)F)nc4CC3)CC2)cccc1=O. The third-order valence-corrected chi connectivity index (χ3v) is 7.51. The van der Waals surface area contributed by atoms with E-state index in [1.807, 2.05) is 13.0 Å². The molecule has 1 fully saturated rings. The predicted octanol–water partition coefficient (Wildman–Crippen LogP) is 4.08. The van der Waals surface area contributed by atoms with Crippen LogP contribution in [0, 0.1) is 5.92 Å². The molecule has 1 aliphatic carbocycles. The van der Waals surface area contributed by atoms with E-state index in [1.54, 1.807) is 18.2 Å². The Morgan fingerprint density at radius 2 is 1.89 bits per heavy atom. The van der Waals surface area contributed by atoms with Crippen LogP contribution in [0.3, 0.4) is 0 Å². The average Bonchev–Trinajstić information content (AvgIpc) is 3.08. The van der Waals surface area contributed by atoms with E-state index in [2.05, 4.69) is 15.2 Å². The summed E-state index contributed by atoms with van der Waals surface area (Å²) in [6.07, 6.45) is 6.88. The quantitative estimate of drug-likeness (QED) is 0.544. The van der Waals surface area contributed by atoms with Gasteiger partial charge in [0.25, 0.3) is 17.4 Å². The van der Waals surface area contributed by atoms with Crippen molar-refractivity contribution in [2.24, 2.45) is 5.92 Å². The smallest absolute Gasteiger partial charge is 0.278 e. The highest BCUT2D eigenvalue weighted by molar-refractivity contribution is 5.92. The van der Waals surface area contributed by atoms with Gasteiger partial charge in [-0.2, -0.15) is 0 Å². The van der Waals surface area contributed by atoms with Gasteiger partial charge in [0.2, 0.25) is 5.88 Å². The summed E-state index contributed by atoms with van der Waals surface area (Å²) in [7, 11) is 0. The lowest BCUT2D eigenvalue weighted by Gasteiger charge is -2.31. The number of nitrogens with one attached hydrogen (secondary N) is 1. The van der Waals surface area contributed by atoms with Crippen LogP contribution in [0.25, 0.3) is 0 Å². The topological polar surface area (TPSA) is 76.5 Å². The molecule has 3 heterocycles. The number of pyridine rings is 2. The molecule has 0 spiro atoms. The van der Waals surface area contributed by atoms with E-state index in [0.29, 0.717) is 18.2 Å². The molecule has 37 heavy (non-hydrogen) atoms. The summed E-state index contributed by atoms with van der Waals surface area (Å²) >= 11 is 0. The van der Waals surface area contributed by atoms with Gasteiger partial charge >= 0.3 is 0 Å². The highest BCUT2D eigenvalue weighted by Crippen LogP contribution is 2.28. The van der Waals surface area contributed by atoms with E-state index in [9.17, 15) is 18.4 Å². The van der Waals surface area contributed by atoms with E-state index in [0.717, 1.165) is 77.2 Å². The van der Waals surface area contributed by atoms with Gasteiger partial charge in [-0.3, -0.25) is 9.59 Å². The lowest BCUT2D eigenvalue weighted by atomic mass is 9.84. The summed E-state index contributed by atoms with van der Waals surface area (Å²) in [6.45, 7) is 5.40. The molecule has 2 aliphatic rings. The first-order valence-corrected chi connectivity index (χ1v) is 13.4. The Kier molecular flexibility index (Phi) is 8.95. The summed E-state index contributed by atoms with van der Waals surface area (Å²) < 4.78 is 32.9. The van der Waals surface area contributed by atoms with Crippen LogP contribution in [0.2, 0.25) is 0 Å². The third-order valence-electron chi connectivity index (χ3n) is 7.51. The zero-order chi connectivity index (χ0) is 26.4. The van der Waals surface area contributed by atoms with Crippen molar-refractivity contribution in [1.29, 1.82) is 0 Å². The number of halogens is 2. The normalized spacial score (nSPS) is 20.6. The first-order valence-electron chi connectivity index (χ1n) is 13.4. The third kappa shape index (κ3) is 7.60. The highest BCUT2D eigenvalue weighted by Gasteiger charge is 2.25. The molecule has 4 rings (SSSR count). The zero-order valence-electron chi connectivity index (χ0n) is 21.8. The molecule has 7 nitrogen and oxygen atoms in total. The maximum absolute atomic E-state index is 13.1. The molecule has 0 unspecified atom stereocenters. The van der Waals surface area contributed by atoms with Crippen LogP contribution >= 0.6 is 0 Å². The van der Waals surface area contributed by atoms with Gasteiger partial charge in [0.15, 0.2) is 6.61 Å². The van der Waals surface area contributed by atoms with Crippen molar-refractivity contribution in [2.75, 3.05) is 26.2 Å². The second-order valence-corrected chi connectivity index (χ2v) is 10.4. The summed E-state index contributed by atoms with van der Waals surface area (Å²) in [6, 6.07) is 8.62. The van der Waals surface area contributed by atoms with Crippen molar-refractivity contribution in [3.8, 4) is 5.88 Å². The summed E-state index contributed by atoms with van der Waals surface area (Å²) in [4.78, 5) is 31.7. The van der Waals surface area contributed by atoms with E-state index in [4.69, 9.17) is 4.74 Å². The monoisotopic (exact) mass is 516 g/mol. The largest absolute Gasteiger partial charge is 0.471 e. The first kappa shape index (κ1) is 27.2. The number of hydrogen-bond donors (Lipinski definition) is 1. The fourth-order valence-electron chi connectivity index (χ4n) is 5.38. The minimum absolute atomic E-state index is 0.146. The maximum atomic E-state index is 13.1. The predicted molar refractivity (Wildman–Crippen MR) is 138 cm³/mol. The molecule has 202 valence electrons. The Morgan fingerprint density at radius 3 is 2.62 bits per heavy atom. The summed E-state index contributed by atoms with van der Waals surface area (Å²) in [5.74, 6) is -2.14.